The van der Waals surface area contributed by atoms with Crippen molar-refractivity contribution >= 4 is 17.5 Å². The van der Waals surface area contributed by atoms with Crippen LogP contribution in [0.1, 0.15) is 22.8 Å². The SMILES string of the molecule is COc1ccccc1N1CCN(C(=O)c2ccc(C)cc2)C(C)C1=O. The zero-order valence-corrected chi connectivity index (χ0v) is 14.7. The van der Waals surface area contributed by atoms with Gasteiger partial charge in [0, 0.05) is 18.7 Å². The molecule has 0 radical (unpaired) electrons. The number of rotatable bonds is 3. The summed E-state index contributed by atoms with van der Waals surface area (Å²) < 4.78 is 5.36. The first-order valence-corrected chi connectivity index (χ1v) is 8.35. The van der Waals surface area contributed by atoms with Crippen molar-refractivity contribution in [2.75, 3.05) is 25.1 Å². The molecule has 0 spiro atoms. The molecule has 5 nitrogen and oxygen atoms in total. The van der Waals surface area contributed by atoms with E-state index in [1.54, 1.807) is 23.8 Å². The molecule has 2 aromatic carbocycles. The van der Waals surface area contributed by atoms with Crippen molar-refractivity contribution in [1.29, 1.82) is 0 Å². The average molecular weight is 338 g/mol. The number of hydrogen-bond donors (Lipinski definition) is 0. The van der Waals surface area contributed by atoms with Crippen molar-refractivity contribution in [2.24, 2.45) is 0 Å². The molecule has 2 aromatic rings. The molecule has 2 amide bonds. The third-order valence-corrected chi connectivity index (χ3v) is 4.59. The summed E-state index contributed by atoms with van der Waals surface area (Å²) in [7, 11) is 1.59. The van der Waals surface area contributed by atoms with Gasteiger partial charge in [-0.1, -0.05) is 29.8 Å². The van der Waals surface area contributed by atoms with Crippen LogP contribution in [0.5, 0.6) is 5.75 Å². The van der Waals surface area contributed by atoms with Crippen LogP contribution in [-0.4, -0.2) is 43.0 Å². The quantitative estimate of drug-likeness (QED) is 0.865. The van der Waals surface area contributed by atoms with Gasteiger partial charge >= 0.3 is 0 Å². The monoisotopic (exact) mass is 338 g/mol. The van der Waals surface area contributed by atoms with E-state index in [0.717, 1.165) is 11.3 Å². The zero-order valence-electron chi connectivity index (χ0n) is 14.7. The fraction of sp³-hybridized carbons (Fsp3) is 0.300. The Kier molecular flexibility index (Phi) is 4.74. The van der Waals surface area contributed by atoms with Crippen molar-refractivity contribution < 1.29 is 14.3 Å². The van der Waals surface area contributed by atoms with E-state index in [4.69, 9.17) is 4.74 Å². The molecule has 0 saturated carbocycles. The number of amides is 2. The lowest BCUT2D eigenvalue weighted by molar-refractivity contribution is -0.124. The van der Waals surface area contributed by atoms with E-state index in [1.165, 1.54) is 0 Å². The minimum atomic E-state index is -0.521. The second-order valence-electron chi connectivity index (χ2n) is 6.20. The third kappa shape index (κ3) is 3.22. The Balaban J connectivity index is 1.82. The van der Waals surface area contributed by atoms with E-state index in [1.807, 2.05) is 55.5 Å². The van der Waals surface area contributed by atoms with Gasteiger partial charge in [0.05, 0.1) is 12.8 Å². The summed E-state index contributed by atoms with van der Waals surface area (Å²) in [6.07, 6.45) is 0. The molecular weight excluding hydrogens is 316 g/mol. The fourth-order valence-corrected chi connectivity index (χ4v) is 3.10. The lowest BCUT2D eigenvalue weighted by Gasteiger charge is -2.39. The normalized spacial score (nSPS) is 17.6. The third-order valence-electron chi connectivity index (χ3n) is 4.59. The minimum absolute atomic E-state index is 0.101. The molecule has 0 N–H and O–H groups in total. The number of carbonyl (C=O) groups is 2. The van der Waals surface area contributed by atoms with Crippen LogP contribution in [0, 0.1) is 6.92 Å². The zero-order chi connectivity index (χ0) is 18.0. The lowest BCUT2D eigenvalue weighted by Crippen LogP contribution is -2.57. The summed E-state index contributed by atoms with van der Waals surface area (Å²) in [5.41, 5.74) is 2.45. The molecule has 1 saturated heterocycles. The van der Waals surface area contributed by atoms with Gasteiger partial charge < -0.3 is 14.5 Å². The highest BCUT2D eigenvalue weighted by Gasteiger charge is 2.36. The Bertz CT molecular complexity index is 786. The first kappa shape index (κ1) is 17.0. The summed E-state index contributed by atoms with van der Waals surface area (Å²) in [6, 6.07) is 14.3. The maximum Gasteiger partial charge on any atom is 0.254 e. The summed E-state index contributed by atoms with van der Waals surface area (Å²) >= 11 is 0. The number of anilines is 1. The van der Waals surface area contributed by atoms with E-state index < -0.39 is 6.04 Å². The number of nitrogens with zero attached hydrogens (tertiary/aromatic N) is 2. The first-order valence-electron chi connectivity index (χ1n) is 8.35. The minimum Gasteiger partial charge on any atom is -0.495 e. The Hall–Kier alpha value is -2.82. The van der Waals surface area contributed by atoms with E-state index >= 15 is 0 Å². The van der Waals surface area contributed by atoms with Gasteiger partial charge in [-0.25, -0.2) is 0 Å². The molecular formula is C20H22N2O3. The second kappa shape index (κ2) is 6.97. The van der Waals surface area contributed by atoms with Crippen LogP contribution in [0.2, 0.25) is 0 Å². The number of benzene rings is 2. The summed E-state index contributed by atoms with van der Waals surface area (Å²) in [4.78, 5) is 29.0. The van der Waals surface area contributed by atoms with Crippen LogP contribution in [0.25, 0.3) is 0 Å². The Morgan fingerprint density at radius 1 is 1.08 bits per heavy atom. The second-order valence-corrected chi connectivity index (χ2v) is 6.20. The molecule has 130 valence electrons. The molecule has 1 heterocycles. The lowest BCUT2D eigenvalue weighted by atomic mass is 10.1. The molecule has 1 unspecified atom stereocenters. The van der Waals surface area contributed by atoms with Crippen molar-refractivity contribution in [3.63, 3.8) is 0 Å². The summed E-state index contributed by atoms with van der Waals surface area (Å²) in [5.74, 6) is 0.443. The van der Waals surface area contributed by atoms with Gasteiger partial charge in [0.1, 0.15) is 11.8 Å². The van der Waals surface area contributed by atoms with Crippen molar-refractivity contribution in [1.82, 2.24) is 4.90 Å². The molecule has 0 bridgehead atoms. The van der Waals surface area contributed by atoms with Crippen molar-refractivity contribution in [3.8, 4) is 5.75 Å². The molecule has 5 heteroatoms. The smallest absolute Gasteiger partial charge is 0.254 e. The van der Waals surface area contributed by atoms with E-state index in [9.17, 15) is 9.59 Å². The fourth-order valence-electron chi connectivity index (χ4n) is 3.10. The number of aryl methyl sites for hydroxylation is 1. The van der Waals surface area contributed by atoms with Crippen molar-refractivity contribution in [3.05, 3.63) is 59.7 Å². The number of ether oxygens (including phenoxy) is 1. The molecule has 0 aliphatic carbocycles. The first-order chi connectivity index (χ1) is 12.0. The van der Waals surface area contributed by atoms with Gasteiger partial charge in [0.25, 0.3) is 5.91 Å². The van der Waals surface area contributed by atoms with Crippen LogP contribution in [0.4, 0.5) is 5.69 Å². The van der Waals surface area contributed by atoms with Gasteiger partial charge in [-0.3, -0.25) is 9.59 Å². The number of piperazine rings is 1. The molecule has 25 heavy (non-hydrogen) atoms. The molecule has 1 aliphatic heterocycles. The van der Waals surface area contributed by atoms with Gasteiger partial charge in [-0.05, 0) is 38.1 Å². The molecule has 0 aromatic heterocycles. The highest BCUT2D eigenvalue weighted by molar-refractivity contribution is 6.04. The Labute approximate surface area is 147 Å². The van der Waals surface area contributed by atoms with E-state index in [-0.39, 0.29) is 11.8 Å². The van der Waals surface area contributed by atoms with Gasteiger partial charge in [0.15, 0.2) is 0 Å². The number of carbonyl (C=O) groups excluding carboxylic acids is 2. The average Bonchev–Trinajstić information content (AvgIpc) is 2.64. The maximum atomic E-state index is 12.9. The molecule has 1 fully saturated rings. The summed E-state index contributed by atoms with van der Waals surface area (Å²) in [5, 5.41) is 0. The van der Waals surface area contributed by atoms with Crippen molar-refractivity contribution in [2.45, 2.75) is 19.9 Å². The number of hydrogen-bond acceptors (Lipinski definition) is 3. The number of methoxy groups -OCH3 is 1. The molecule has 1 atom stereocenters. The Morgan fingerprint density at radius 3 is 2.44 bits per heavy atom. The summed E-state index contributed by atoms with van der Waals surface area (Å²) in [6.45, 7) is 4.68. The predicted octanol–water partition coefficient (Wildman–Crippen LogP) is 2.88. The van der Waals surface area contributed by atoms with Crippen LogP contribution in [0.3, 0.4) is 0 Å². The van der Waals surface area contributed by atoms with Gasteiger partial charge in [-0.15, -0.1) is 0 Å². The van der Waals surface area contributed by atoms with Gasteiger partial charge in [-0.2, -0.15) is 0 Å². The van der Waals surface area contributed by atoms with Crippen LogP contribution in [0.15, 0.2) is 48.5 Å². The largest absolute Gasteiger partial charge is 0.495 e. The topological polar surface area (TPSA) is 49.9 Å². The van der Waals surface area contributed by atoms with Crippen LogP contribution < -0.4 is 9.64 Å². The van der Waals surface area contributed by atoms with Gasteiger partial charge in [0.2, 0.25) is 5.91 Å². The van der Waals surface area contributed by atoms with Crippen LogP contribution >= 0.6 is 0 Å². The van der Waals surface area contributed by atoms with E-state index in [2.05, 4.69) is 0 Å². The standard InChI is InChI=1S/C20H22N2O3/c1-14-8-10-16(11-9-14)20(24)21-12-13-22(19(23)15(21)2)17-6-4-5-7-18(17)25-3/h4-11,15H,12-13H2,1-3H3. The Morgan fingerprint density at radius 2 is 1.76 bits per heavy atom. The predicted molar refractivity (Wildman–Crippen MR) is 97.0 cm³/mol. The number of para-hydroxylation sites is 2. The van der Waals surface area contributed by atoms with E-state index in [0.29, 0.717) is 24.4 Å². The maximum absolute atomic E-state index is 12.9. The highest BCUT2D eigenvalue weighted by Crippen LogP contribution is 2.30. The highest BCUT2D eigenvalue weighted by atomic mass is 16.5. The molecule has 3 rings (SSSR count). The molecule has 1 aliphatic rings. The van der Waals surface area contributed by atoms with Crippen LogP contribution in [-0.2, 0) is 4.79 Å².